The molecule has 146 valence electrons. The Labute approximate surface area is 168 Å². The summed E-state index contributed by atoms with van der Waals surface area (Å²) in [5.74, 6) is -0.423. The topological polar surface area (TPSA) is 63.9 Å². The van der Waals surface area contributed by atoms with E-state index in [-0.39, 0.29) is 11.9 Å². The van der Waals surface area contributed by atoms with E-state index in [1.54, 1.807) is 25.1 Å². The SMILES string of the molecule is CN=C1S/C(=C/c2cc(C)n(-c3cc(C(=O)OC)ccc3C)c2C)C(=O)N1C. The normalized spacial score (nSPS) is 17.1. The van der Waals surface area contributed by atoms with E-state index in [9.17, 15) is 9.59 Å². The summed E-state index contributed by atoms with van der Waals surface area (Å²) in [5, 5.41) is 0.687. The molecule has 0 bridgehead atoms. The van der Waals surface area contributed by atoms with Gasteiger partial charge in [0.2, 0.25) is 0 Å². The zero-order chi connectivity index (χ0) is 20.6. The van der Waals surface area contributed by atoms with Gasteiger partial charge in [-0.15, -0.1) is 0 Å². The van der Waals surface area contributed by atoms with Gasteiger partial charge in [0.15, 0.2) is 5.17 Å². The third kappa shape index (κ3) is 3.38. The second-order valence-corrected chi connectivity index (χ2v) is 7.64. The number of ether oxygens (including phenoxy) is 1. The van der Waals surface area contributed by atoms with Gasteiger partial charge in [-0.3, -0.25) is 14.7 Å². The van der Waals surface area contributed by atoms with Crippen molar-refractivity contribution in [2.45, 2.75) is 20.8 Å². The lowest BCUT2D eigenvalue weighted by Gasteiger charge is -2.14. The number of amidine groups is 1. The van der Waals surface area contributed by atoms with Crippen LogP contribution in [0.3, 0.4) is 0 Å². The summed E-state index contributed by atoms with van der Waals surface area (Å²) in [6.07, 6.45) is 1.90. The Bertz CT molecular complexity index is 1030. The number of carbonyl (C=O) groups is 2. The largest absolute Gasteiger partial charge is 0.465 e. The number of nitrogens with zero attached hydrogens (tertiary/aromatic N) is 3. The predicted molar refractivity (Wildman–Crippen MR) is 113 cm³/mol. The highest BCUT2D eigenvalue weighted by Crippen LogP contribution is 2.33. The number of carbonyl (C=O) groups excluding carboxylic acids is 2. The van der Waals surface area contributed by atoms with Gasteiger partial charge in [0, 0.05) is 31.2 Å². The molecule has 0 spiro atoms. The summed E-state index contributed by atoms with van der Waals surface area (Å²) in [6.45, 7) is 6.02. The highest BCUT2D eigenvalue weighted by atomic mass is 32.2. The summed E-state index contributed by atoms with van der Waals surface area (Å²) in [5.41, 5.74) is 5.43. The summed E-state index contributed by atoms with van der Waals surface area (Å²) >= 11 is 1.37. The van der Waals surface area contributed by atoms with E-state index < -0.39 is 0 Å². The van der Waals surface area contributed by atoms with Crippen LogP contribution < -0.4 is 0 Å². The molecule has 7 heteroatoms. The maximum atomic E-state index is 12.5. The van der Waals surface area contributed by atoms with Crippen molar-refractivity contribution in [1.82, 2.24) is 9.47 Å². The average molecular weight is 398 g/mol. The fourth-order valence-electron chi connectivity index (χ4n) is 3.29. The van der Waals surface area contributed by atoms with E-state index in [1.807, 2.05) is 45.0 Å². The van der Waals surface area contributed by atoms with Crippen LogP contribution in [0.1, 0.15) is 32.9 Å². The first-order valence-electron chi connectivity index (χ1n) is 8.81. The minimum absolute atomic E-state index is 0.0562. The minimum atomic E-state index is -0.367. The Morgan fingerprint density at radius 3 is 2.54 bits per heavy atom. The summed E-state index contributed by atoms with van der Waals surface area (Å²) in [6, 6.07) is 7.55. The third-order valence-corrected chi connectivity index (χ3v) is 5.97. The Hall–Kier alpha value is -2.80. The first-order chi connectivity index (χ1) is 13.3. The summed E-state index contributed by atoms with van der Waals surface area (Å²) < 4.78 is 6.94. The highest BCUT2D eigenvalue weighted by molar-refractivity contribution is 8.18. The van der Waals surface area contributed by atoms with E-state index >= 15 is 0 Å². The molecule has 1 aromatic carbocycles. The van der Waals surface area contributed by atoms with Gasteiger partial charge >= 0.3 is 5.97 Å². The van der Waals surface area contributed by atoms with Crippen molar-refractivity contribution in [3.05, 3.63) is 57.2 Å². The Morgan fingerprint density at radius 2 is 1.93 bits per heavy atom. The first-order valence-corrected chi connectivity index (χ1v) is 9.62. The van der Waals surface area contributed by atoms with Gasteiger partial charge in [-0.25, -0.2) is 4.79 Å². The van der Waals surface area contributed by atoms with Gasteiger partial charge < -0.3 is 9.30 Å². The molecule has 0 atom stereocenters. The number of aryl methyl sites for hydroxylation is 2. The van der Waals surface area contributed by atoms with Crippen LogP contribution in [0.25, 0.3) is 11.8 Å². The van der Waals surface area contributed by atoms with Crippen LogP contribution in [0.4, 0.5) is 0 Å². The molecule has 1 amide bonds. The van der Waals surface area contributed by atoms with Crippen molar-refractivity contribution in [2.24, 2.45) is 4.99 Å². The first kappa shape index (κ1) is 19.9. The van der Waals surface area contributed by atoms with E-state index in [0.717, 1.165) is 28.2 Å². The molecule has 3 rings (SSSR count). The van der Waals surface area contributed by atoms with Gasteiger partial charge in [0.05, 0.1) is 17.6 Å². The zero-order valence-corrected chi connectivity index (χ0v) is 17.7. The third-order valence-electron chi connectivity index (χ3n) is 4.82. The number of hydrogen-bond acceptors (Lipinski definition) is 5. The fraction of sp³-hybridized carbons (Fsp3) is 0.286. The number of hydrogen-bond donors (Lipinski definition) is 0. The molecule has 1 fully saturated rings. The van der Waals surface area contributed by atoms with Crippen LogP contribution in [0.2, 0.25) is 0 Å². The van der Waals surface area contributed by atoms with Crippen molar-refractivity contribution in [3.8, 4) is 5.69 Å². The number of aromatic nitrogens is 1. The Kier molecular flexibility index (Phi) is 5.47. The van der Waals surface area contributed by atoms with E-state index in [4.69, 9.17) is 4.74 Å². The summed E-state index contributed by atoms with van der Waals surface area (Å²) in [4.78, 5) is 30.7. The number of methoxy groups -OCH3 is 1. The second-order valence-electron chi connectivity index (χ2n) is 6.64. The van der Waals surface area contributed by atoms with Crippen molar-refractivity contribution in [2.75, 3.05) is 21.2 Å². The van der Waals surface area contributed by atoms with E-state index in [0.29, 0.717) is 15.6 Å². The number of aliphatic imine (C=N–C) groups is 1. The van der Waals surface area contributed by atoms with Crippen LogP contribution in [0.5, 0.6) is 0 Å². The van der Waals surface area contributed by atoms with Crippen molar-refractivity contribution in [3.63, 3.8) is 0 Å². The molecule has 1 saturated heterocycles. The lowest BCUT2D eigenvalue weighted by atomic mass is 10.1. The molecule has 0 N–H and O–H groups in total. The number of rotatable bonds is 3. The molecule has 6 nitrogen and oxygen atoms in total. The standard InChI is InChI=1S/C21H23N3O3S/c1-12-7-8-15(20(26)27-6)10-17(12)24-13(2)9-16(14(24)3)11-18-19(25)23(5)21(22-4)28-18/h7-11H,1-6H3/b18-11+,22-21?. The minimum Gasteiger partial charge on any atom is -0.465 e. The van der Waals surface area contributed by atoms with Gasteiger partial charge in [0.25, 0.3) is 5.91 Å². The lowest BCUT2D eigenvalue weighted by molar-refractivity contribution is -0.121. The van der Waals surface area contributed by atoms with E-state index in [1.165, 1.54) is 18.9 Å². The maximum absolute atomic E-state index is 12.5. The molecule has 0 saturated carbocycles. The molecule has 1 aliphatic rings. The molecular formula is C21H23N3O3S. The van der Waals surface area contributed by atoms with E-state index in [2.05, 4.69) is 9.56 Å². The van der Waals surface area contributed by atoms with Gasteiger partial charge in [0.1, 0.15) is 0 Å². The molecule has 2 heterocycles. The number of amides is 1. The molecule has 1 aromatic heterocycles. The molecule has 28 heavy (non-hydrogen) atoms. The molecule has 2 aromatic rings. The smallest absolute Gasteiger partial charge is 0.337 e. The molecule has 0 aliphatic carbocycles. The molecule has 1 aliphatic heterocycles. The predicted octanol–water partition coefficient (Wildman–Crippen LogP) is 3.72. The van der Waals surface area contributed by atoms with Gasteiger partial charge in [-0.2, -0.15) is 0 Å². The number of esters is 1. The quantitative estimate of drug-likeness (QED) is 0.585. The van der Waals surface area contributed by atoms with Crippen LogP contribution in [-0.2, 0) is 9.53 Å². The lowest BCUT2D eigenvalue weighted by Crippen LogP contribution is -2.23. The van der Waals surface area contributed by atoms with Crippen molar-refractivity contribution >= 4 is 34.9 Å². The molecule has 0 unspecified atom stereocenters. The van der Waals surface area contributed by atoms with Crippen LogP contribution >= 0.6 is 11.8 Å². The highest BCUT2D eigenvalue weighted by Gasteiger charge is 2.30. The molecule has 0 radical (unpaired) electrons. The maximum Gasteiger partial charge on any atom is 0.337 e. The van der Waals surface area contributed by atoms with Crippen LogP contribution in [-0.4, -0.2) is 47.7 Å². The monoisotopic (exact) mass is 397 g/mol. The average Bonchev–Trinajstić information content (AvgIpc) is 3.11. The number of benzene rings is 1. The van der Waals surface area contributed by atoms with Crippen LogP contribution in [0.15, 0.2) is 34.2 Å². The number of likely N-dealkylation sites (N-methyl/N-ethyl adjacent to an activating group) is 1. The van der Waals surface area contributed by atoms with Crippen molar-refractivity contribution in [1.29, 1.82) is 0 Å². The van der Waals surface area contributed by atoms with Crippen LogP contribution in [0, 0.1) is 20.8 Å². The Balaban J connectivity index is 2.08. The fourth-order valence-corrected chi connectivity index (χ4v) is 4.21. The van der Waals surface area contributed by atoms with Gasteiger partial charge in [-0.1, -0.05) is 6.07 Å². The molecular weight excluding hydrogens is 374 g/mol. The van der Waals surface area contributed by atoms with Gasteiger partial charge in [-0.05, 0) is 67.9 Å². The second kappa shape index (κ2) is 7.67. The number of thioether (sulfide) groups is 1. The van der Waals surface area contributed by atoms with Crippen molar-refractivity contribution < 1.29 is 14.3 Å². The zero-order valence-electron chi connectivity index (χ0n) is 16.9. The Morgan fingerprint density at radius 1 is 1.21 bits per heavy atom. The summed E-state index contributed by atoms with van der Waals surface area (Å²) in [7, 11) is 4.78.